The van der Waals surface area contributed by atoms with Crippen LogP contribution in [0.5, 0.6) is 0 Å². The number of rotatable bonds is 54. The Morgan fingerprint density at radius 3 is 0.866 bits per heavy atom. The van der Waals surface area contributed by atoms with Crippen LogP contribution in [0.2, 0.25) is 0 Å². The van der Waals surface area contributed by atoms with Gasteiger partial charge < -0.3 is 14.2 Å². The van der Waals surface area contributed by atoms with Gasteiger partial charge in [0.1, 0.15) is 13.2 Å². The molecule has 67 heavy (non-hydrogen) atoms. The first kappa shape index (κ1) is 64.6. The van der Waals surface area contributed by atoms with E-state index in [9.17, 15) is 14.4 Å². The minimum Gasteiger partial charge on any atom is -0.462 e. The fourth-order valence-electron chi connectivity index (χ4n) is 8.65. The summed E-state index contributed by atoms with van der Waals surface area (Å²) in [5.41, 5.74) is 0. The number of carbonyl (C=O) groups is 3. The van der Waals surface area contributed by atoms with Crippen molar-refractivity contribution in [2.45, 2.75) is 322 Å². The van der Waals surface area contributed by atoms with Crippen LogP contribution in [-0.2, 0) is 28.6 Å². The molecule has 0 aliphatic carbocycles. The van der Waals surface area contributed by atoms with Crippen molar-refractivity contribution >= 4 is 17.9 Å². The Morgan fingerprint density at radius 1 is 0.299 bits per heavy atom. The van der Waals surface area contributed by atoms with Crippen LogP contribution in [-0.4, -0.2) is 37.2 Å². The summed E-state index contributed by atoms with van der Waals surface area (Å²) in [6, 6.07) is 0. The Morgan fingerprint density at radius 2 is 0.537 bits per heavy atom. The zero-order valence-corrected chi connectivity index (χ0v) is 44.9. The van der Waals surface area contributed by atoms with E-state index in [0.717, 1.165) is 70.6 Å². The first-order chi connectivity index (χ1) is 33.0. The quantitative estimate of drug-likeness (QED) is 0.0262. The number of hydrogen-bond acceptors (Lipinski definition) is 6. The molecule has 0 aromatic carbocycles. The molecule has 0 amide bonds. The van der Waals surface area contributed by atoms with Gasteiger partial charge in [0.15, 0.2) is 6.10 Å². The Hall–Kier alpha value is -2.37. The van der Waals surface area contributed by atoms with Crippen molar-refractivity contribution in [3.8, 4) is 0 Å². The molecule has 0 bridgehead atoms. The Balaban J connectivity index is 4.29. The average molecular weight is 942 g/mol. The number of ether oxygens (including phenoxy) is 3. The summed E-state index contributed by atoms with van der Waals surface area (Å²) in [6.07, 6.45) is 67.1. The number of hydrogen-bond donors (Lipinski definition) is 0. The van der Waals surface area contributed by atoms with E-state index in [4.69, 9.17) is 14.2 Å². The highest BCUT2D eigenvalue weighted by Crippen LogP contribution is 2.16. The summed E-state index contributed by atoms with van der Waals surface area (Å²) in [6.45, 7) is 6.64. The predicted molar refractivity (Wildman–Crippen MR) is 289 cm³/mol. The van der Waals surface area contributed by atoms with E-state index in [1.165, 1.54) is 205 Å². The maximum absolute atomic E-state index is 12.9. The third-order valence-electron chi connectivity index (χ3n) is 13.1. The lowest BCUT2D eigenvalue weighted by Gasteiger charge is -2.18. The third kappa shape index (κ3) is 54.4. The molecule has 0 aromatic heterocycles. The molecule has 0 aromatic rings. The van der Waals surface area contributed by atoms with Crippen molar-refractivity contribution in [2.24, 2.45) is 0 Å². The largest absolute Gasteiger partial charge is 0.462 e. The van der Waals surface area contributed by atoms with Crippen molar-refractivity contribution in [2.75, 3.05) is 13.2 Å². The summed E-state index contributed by atoms with van der Waals surface area (Å²) in [5, 5.41) is 0. The van der Waals surface area contributed by atoms with Crippen molar-refractivity contribution < 1.29 is 28.6 Å². The molecule has 392 valence electrons. The molecule has 0 radical (unpaired) electrons. The molecule has 6 heteroatoms. The van der Waals surface area contributed by atoms with Crippen LogP contribution in [0.15, 0.2) is 36.5 Å². The zero-order valence-electron chi connectivity index (χ0n) is 44.9. The van der Waals surface area contributed by atoms with Crippen LogP contribution in [0.25, 0.3) is 0 Å². The highest BCUT2D eigenvalue weighted by Gasteiger charge is 2.19. The molecule has 1 atom stereocenters. The first-order valence-corrected chi connectivity index (χ1v) is 29.5. The molecule has 0 aliphatic heterocycles. The minimum absolute atomic E-state index is 0.0712. The summed E-state index contributed by atoms with van der Waals surface area (Å²) in [4.78, 5) is 38.1. The molecule has 0 aliphatic rings. The van der Waals surface area contributed by atoms with Gasteiger partial charge in [0.2, 0.25) is 0 Å². The van der Waals surface area contributed by atoms with Crippen molar-refractivity contribution in [3.63, 3.8) is 0 Å². The Kier molecular flexibility index (Phi) is 54.2. The van der Waals surface area contributed by atoms with Gasteiger partial charge in [-0.1, -0.05) is 256 Å². The Bertz CT molecular complexity index is 1130. The lowest BCUT2D eigenvalue weighted by molar-refractivity contribution is -0.167. The maximum atomic E-state index is 12.9. The molecule has 0 spiro atoms. The number of unbranched alkanes of at least 4 members (excludes halogenated alkanes) is 37. The van der Waals surface area contributed by atoms with Gasteiger partial charge in [-0.05, 0) is 77.0 Å². The molecule has 0 N–H and O–H groups in total. The van der Waals surface area contributed by atoms with E-state index in [0.29, 0.717) is 19.3 Å². The highest BCUT2D eigenvalue weighted by molar-refractivity contribution is 5.71. The van der Waals surface area contributed by atoms with Crippen LogP contribution in [0.3, 0.4) is 0 Å². The van der Waals surface area contributed by atoms with Crippen molar-refractivity contribution in [3.05, 3.63) is 36.5 Å². The summed E-state index contributed by atoms with van der Waals surface area (Å²) < 4.78 is 16.9. The lowest BCUT2D eigenvalue weighted by atomic mass is 10.0. The second-order valence-electron chi connectivity index (χ2n) is 19.9. The molecular formula is C61H112O6. The maximum Gasteiger partial charge on any atom is 0.306 e. The van der Waals surface area contributed by atoms with Crippen LogP contribution >= 0.6 is 0 Å². The van der Waals surface area contributed by atoms with Gasteiger partial charge in [0.05, 0.1) is 0 Å². The summed E-state index contributed by atoms with van der Waals surface area (Å²) in [5.74, 6) is -0.864. The normalized spacial score (nSPS) is 12.2. The molecule has 0 saturated carbocycles. The van der Waals surface area contributed by atoms with Gasteiger partial charge in [0, 0.05) is 19.3 Å². The molecular weight excluding hydrogens is 829 g/mol. The molecule has 0 rings (SSSR count). The smallest absolute Gasteiger partial charge is 0.306 e. The predicted octanol–water partition coefficient (Wildman–Crippen LogP) is 19.7. The monoisotopic (exact) mass is 941 g/mol. The molecule has 0 fully saturated rings. The van der Waals surface area contributed by atoms with Crippen LogP contribution in [0, 0.1) is 0 Å². The minimum atomic E-state index is -0.772. The molecule has 6 nitrogen and oxygen atoms in total. The van der Waals surface area contributed by atoms with Gasteiger partial charge in [-0.3, -0.25) is 14.4 Å². The highest BCUT2D eigenvalue weighted by atomic mass is 16.6. The van der Waals surface area contributed by atoms with Crippen LogP contribution in [0.1, 0.15) is 316 Å². The number of esters is 3. The van der Waals surface area contributed by atoms with Crippen LogP contribution < -0.4 is 0 Å². The van der Waals surface area contributed by atoms with Gasteiger partial charge >= 0.3 is 17.9 Å². The summed E-state index contributed by atoms with van der Waals surface area (Å²) in [7, 11) is 0. The van der Waals surface area contributed by atoms with E-state index in [2.05, 4.69) is 57.2 Å². The zero-order chi connectivity index (χ0) is 48.6. The molecule has 0 unspecified atom stereocenters. The molecule has 0 saturated heterocycles. The van der Waals surface area contributed by atoms with Gasteiger partial charge in [-0.2, -0.15) is 0 Å². The van der Waals surface area contributed by atoms with Gasteiger partial charge in [0.25, 0.3) is 0 Å². The van der Waals surface area contributed by atoms with E-state index >= 15 is 0 Å². The SMILES string of the molecule is CCCCC/C=C\C/C=C\CCCCCCCCCC(=O)OC[C@H](COC(=O)CCCCCCCCCCCCC)OC(=O)CCCCCCCCCCCCC/C=C\CCCCCCCC. The van der Waals surface area contributed by atoms with Crippen LogP contribution in [0.4, 0.5) is 0 Å². The average Bonchev–Trinajstić information content (AvgIpc) is 3.33. The summed E-state index contributed by atoms with van der Waals surface area (Å²) >= 11 is 0. The van der Waals surface area contributed by atoms with Gasteiger partial charge in [-0.15, -0.1) is 0 Å². The van der Waals surface area contributed by atoms with Crippen molar-refractivity contribution in [1.82, 2.24) is 0 Å². The van der Waals surface area contributed by atoms with Crippen molar-refractivity contribution in [1.29, 1.82) is 0 Å². The second kappa shape index (κ2) is 56.2. The standard InChI is InChI=1S/C61H112O6/c1-4-7-10-13-16-19-22-24-26-28-29-30-31-33-35-37-40-43-46-49-52-55-61(64)67-58(56-65-59(62)53-50-47-44-41-38-21-18-15-12-9-6-3)57-66-60(63)54-51-48-45-42-39-36-34-32-27-25-23-20-17-14-11-8-5-2/h17,20,24-27,58H,4-16,18-19,21-23,28-57H2,1-3H3/b20-17-,26-24-,27-25-/t58-/m0/s1. The van der Waals surface area contributed by atoms with E-state index in [1.807, 2.05) is 0 Å². The topological polar surface area (TPSA) is 78.9 Å². The lowest BCUT2D eigenvalue weighted by Crippen LogP contribution is -2.30. The van der Waals surface area contributed by atoms with Gasteiger partial charge in [-0.25, -0.2) is 0 Å². The fraction of sp³-hybridized carbons (Fsp3) is 0.852. The number of allylic oxidation sites excluding steroid dienone is 6. The third-order valence-corrected chi connectivity index (χ3v) is 13.1. The molecule has 0 heterocycles. The number of carbonyl (C=O) groups excluding carboxylic acids is 3. The first-order valence-electron chi connectivity index (χ1n) is 29.5. The van der Waals surface area contributed by atoms with E-state index in [-0.39, 0.29) is 31.1 Å². The fourth-order valence-corrected chi connectivity index (χ4v) is 8.65. The van der Waals surface area contributed by atoms with E-state index < -0.39 is 6.10 Å². The van der Waals surface area contributed by atoms with E-state index in [1.54, 1.807) is 0 Å². The second-order valence-corrected chi connectivity index (χ2v) is 19.9. The Labute approximate surface area is 416 Å².